The molecule has 0 saturated heterocycles. The second kappa shape index (κ2) is 4.07. The lowest BCUT2D eigenvalue weighted by molar-refractivity contribution is 0.511. The summed E-state index contributed by atoms with van der Waals surface area (Å²) in [5.41, 5.74) is 1.13. The molecule has 0 atom stereocenters. The minimum atomic E-state index is -0.896. The van der Waals surface area contributed by atoms with Crippen LogP contribution in [-0.2, 0) is 0 Å². The highest BCUT2D eigenvalue weighted by Crippen LogP contribution is 2.24. The van der Waals surface area contributed by atoms with Crippen molar-refractivity contribution < 1.29 is 8.78 Å². The van der Waals surface area contributed by atoms with Crippen molar-refractivity contribution in [3.63, 3.8) is 0 Å². The van der Waals surface area contributed by atoms with Gasteiger partial charge in [-0.05, 0) is 24.3 Å². The molecule has 3 rings (SSSR count). The maximum atomic E-state index is 13.6. The van der Waals surface area contributed by atoms with E-state index in [1.807, 2.05) is 0 Å². The van der Waals surface area contributed by atoms with Gasteiger partial charge < -0.3 is 4.40 Å². The van der Waals surface area contributed by atoms with Crippen LogP contribution < -0.4 is 0 Å². The van der Waals surface area contributed by atoms with Crippen LogP contribution in [0.25, 0.3) is 16.9 Å². The average Bonchev–Trinajstić information content (AvgIpc) is 2.75. The third-order valence-electron chi connectivity index (χ3n) is 2.64. The van der Waals surface area contributed by atoms with Gasteiger partial charge in [-0.1, -0.05) is 17.7 Å². The maximum absolute atomic E-state index is 13.6. The van der Waals surface area contributed by atoms with Crippen LogP contribution in [0.2, 0.25) is 5.02 Å². The van der Waals surface area contributed by atoms with Crippen molar-refractivity contribution in [2.45, 2.75) is 0 Å². The van der Waals surface area contributed by atoms with E-state index in [0.717, 1.165) is 6.07 Å². The summed E-state index contributed by atoms with van der Waals surface area (Å²) in [5.74, 6) is -1.78. The molecule has 90 valence electrons. The molecule has 0 spiro atoms. The first-order valence-electron chi connectivity index (χ1n) is 5.24. The summed E-state index contributed by atoms with van der Waals surface area (Å²) in [6, 6.07) is 7.41. The van der Waals surface area contributed by atoms with Gasteiger partial charge in [-0.2, -0.15) is 0 Å². The minimum absolute atomic E-state index is 0.134. The van der Waals surface area contributed by atoms with Crippen LogP contribution in [0.5, 0.6) is 0 Å². The summed E-state index contributed by atoms with van der Waals surface area (Å²) in [6.07, 6.45) is 3.27. The van der Waals surface area contributed by atoms with Crippen molar-refractivity contribution in [3.8, 4) is 11.3 Å². The molecule has 2 heterocycles. The summed E-state index contributed by atoms with van der Waals surface area (Å²) >= 11 is 5.85. The Morgan fingerprint density at radius 1 is 1.06 bits per heavy atom. The van der Waals surface area contributed by atoms with E-state index in [0.29, 0.717) is 16.4 Å². The molecule has 0 saturated carbocycles. The van der Waals surface area contributed by atoms with Crippen LogP contribution in [0.3, 0.4) is 0 Å². The molecule has 0 aliphatic heterocycles. The van der Waals surface area contributed by atoms with Gasteiger partial charge in [-0.25, -0.2) is 13.8 Å². The van der Waals surface area contributed by atoms with Crippen LogP contribution in [0.1, 0.15) is 0 Å². The van der Waals surface area contributed by atoms with Crippen LogP contribution in [0.15, 0.2) is 42.7 Å². The SMILES string of the molecule is Fc1cccc(-c2cn3cc(Cl)ccc3n2)c1F. The maximum Gasteiger partial charge on any atom is 0.168 e. The smallest absolute Gasteiger partial charge is 0.168 e. The molecule has 2 nitrogen and oxygen atoms in total. The van der Waals surface area contributed by atoms with E-state index in [9.17, 15) is 8.78 Å². The molecule has 1 aromatic carbocycles. The van der Waals surface area contributed by atoms with Gasteiger partial charge in [0.25, 0.3) is 0 Å². The first kappa shape index (κ1) is 11.2. The lowest BCUT2D eigenvalue weighted by atomic mass is 10.1. The topological polar surface area (TPSA) is 17.3 Å². The second-order valence-electron chi connectivity index (χ2n) is 3.84. The standard InChI is InChI=1S/C13H7ClF2N2/c14-8-4-5-12-17-11(7-18(12)6-8)9-2-1-3-10(15)13(9)16/h1-7H. The summed E-state index contributed by atoms with van der Waals surface area (Å²) in [6.45, 7) is 0. The lowest BCUT2D eigenvalue weighted by Crippen LogP contribution is -1.88. The molecule has 5 heteroatoms. The van der Waals surface area contributed by atoms with E-state index in [2.05, 4.69) is 4.98 Å². The Labute approximate surface area is 106 Å². The first-order chi connectivity index (χ1) is 8.65. The average molecular weight is 265 g/mol. The van der Waals surface area contributed by atoms with Crippen molar-refractivity contribution in [3.05, 3.63) is 59.4 Å². The molecular formula is C13H7ClF2N2. The first-order valence-corrected chi connectivity index (χ1v) is 5.61. The summed E-state index contributed by atoms with van der Waals surface area (Å²) in [4.78, 5) is 4.22. The number of imidazole rings is 1. The fourth-order valence-electron chi connectivity index (χ4n) is 1.80. The number of pyridine rings is 1. The van der Waals surface area contributed by atoms with Crippen LogP contribution in [0.4, 0.5) is 8.78 Å². The largest absolute Gasteiger partial charge is 0.305 e. The predicted octanol–water partition coefficient (Wildman–Crippen LogP) is 3.93. The zero-order chi connectivity index (χ0) is 12.7. The summed E-state index contributed by atoms with van der Waals surface area (Å²) in [5, 5.41) is 0.547. The number of benzene rings is 1. The Balaban J connectivity index is 2.22. The van der Waals surface area contributed by atoms with Crippen LogP contribution in [0, 0.1) is 11.6 Å². The van der Waals surface area contributed by atoms with Gasteiger partial charge in [-0.15, -0.1) is 0 Å². The molecule has 0 N–H and O–H groups in total. The third kappa shape index (κ3) is 1.75. The summed E-state index contributed by atoms with van der Waals surface area (Å²) in [7, 11) is 0. The normalized spacial score (nSPS) is 11.1. The van der Waals surface area contributed by atoms with Crippen molar-refractivity contribution in [2.75, 3.05) is 0 Å². The molecule has 0 unspecified atom stereocenters. The number of aromatic nitrogens is 2. The number of halogens is 3. The van der Waals surface area contributed by atoms with Gasteiger partial charge >= 0.3 is 0 Å². The van der Waals surface area contributed by atoms with Gasteiger partial charge in [0.05, 0.1) is 10.7 Å². The zero-order valence-corrected chi connectivity index (χ0v) is 9.83. The molecule has 2 aromatic heterocycles. The van der Waals surface area contributed by atoms with E-state index >= 15 is 0 Å². The summed E-state index contributed by atoms with van der Waals surface area (Å²) < 4.78 is 28.5. The van der Waals surface area contributed by atoms with Gasteiger partial charge in [0.1, 0.15) is 5.65 Å². The van der Waals surface area contributed by atoms with Crippen molar-refractivity contribution in [2.24, 2.45) is 0 Å². The zero-order valence-electron chi connectivity index (χ0n) is 9.07. The van der Waals surface area contributed by atoms with Gasteiger partial charge in [-0.3, -0.25) is 0 Å². The third-order valence-corrected chi connectivity index (χ3v) is 2.87. The number of rotatable bonds is 1. The molecule has 0 amide bonds. The van der Waals surface area contributed by atoms with Crippen LogP contribution in [-0.4, -0.2) is 9.38 Å². The van der Waals surface area contributed by atoms with E-state index in [1.165, 1.54) is 12.1 Å². The highest BCUT2D eigenvalue weighted by atomic mass is 35.5. The van der Waals surface area contributed by atoms with E-state index < -0.39 is 11.6 Å². The van der Waals surface area contributed by atoms with Gasteiger partial charge in [0.2, 0.25) is 0 Å². The molecule has 0 aliphatic carbocycles. The fourth-order valence-corrected chi connectivity index (χ4v) is 1.96. The number of fused-ring (bicyclic) bond motifs is 1. The van der Waals surface area contributed by atoms with E-state index in [4.69, 9.17) is 11.6 Å². The van der Waals surface area contributed by atoms with Crippen molar-refractivity contribution in [1.29, 1.82) is 0 Å². The second-order valence-corrected chi connectivity index (χ2v) is 4.28. The van der Waals surface area contributed by atoms with Crippen molar-refractivity contribution >= 4 is 17.2 Å². The predicted molar refractivity (Wildman–Crippen MR) is 65.6 cm³/mol. The van der Waals surface area contributed by atoms with Crippen molar-refractivity contribution in [1.82, 2.24) is 9.38 Å². The fraction of sp³-hybridized carbons (Fsp3) is 0. The Hall–Kier alpha value is -1.94. The van der Waals surface area contributed by atoms with E-state index in [-0.39, 0.29) is 5.56 Å². The molecular weight excluding hydrogens is 258 g/mol. The Bertz CT molecular complexity index is 737. The van der Waals surface area contributed by atoms with Crippen LogP contribution >= 0.6 is 11.6 Å². The molecule has 0 aliphatic rings. The minimum Gasteiger partial charge on any atom is -0.305 e. The van der Waals surface area contributed by atoms with Gasteiger partial charge in [0.15, 0.2) is 11.6 Å². The highest BCUT2D eigenvalue weighted by Gasteiger charge is 2.12. The lowest BCUT2D eigenvalue weighted by Gasteiger charge is -1.98. The monoisotopic (exact) mass is 264 g/mol. The molecule has 3 aromatic rings. The highest BCUT2D eigenvalue weighted by molar-refractivity contribution is 6.30. The number of hydrogen-bond donors (Lipinski definition) is 0. The van der Waals surface area contributed by atoms with Gasteiger partial charge in [0, 0.05) is 18.0 Å². The number of hydrogen-bond acceptors (Lipinski definition) is 1. The molecule has 0 radical (unpaired) electrons. The Kier molecular flexibility index (Phi) is 2.52. The Morgan fingerprint density at radius 3 is 2.72 bits per heavy atom. The molecule has 0 fully saturated rings. The number of nitrogens with zero attached hydrogens (tertiary/aromatic N) is 2. The quantitative estimate of drug-likeness (QED) is 0.651. The molecule has 18 heavy (non-hydrogen) atoms. The Morgan fingerprint density at radius 2 is 1.89 bits per heavy atom. The van der Waals surface area contributed by atoms with E-state index in [1.54, 1.807) is 28.9 Å². The molecule has 0 bridgehead atoms.